The normalized spacial score (nSPS) is 11.2. The molecule has 0 aliphatic rings. The third-order valence-corrected chi connectivity index (χ3v) is 4.53. The molecule has 0 N–H and O–H groups in total. The summed E-state index contributed by atoms with van der Waals surface area (Å²) in [4.78, 5) is 14.9. The molecule has 0 saturated carbocycles. The minimum atomic E-state index is -0.509. The molecule has 3 aromatic rings. The first-order chi connectivity index (χ1) is 12.4. The average Bonchev–Trinajstić information content (AvgIpc) is 2.87. The van der Waals surface area contributed by atoms with Crippen LogP contribution in [0.25, 0.3) is 5.69 Å². The van der Waals surface area contributed by atoms with Crippen LogP contribution < -0.4 is 0 Å². The highest BCUT2D eigenvalue weighted by molar-refractivity contribution is 6.32. The predicted octanol–water partition coefficient (Wildman–Crippen LogP) is 5.71. The number of hydrogen-bond donors (Lipinski definition) is 0. The van der Waals surface area contributed by atoms with Gasteiger partial charge in [0.2, 0.25) is 0 Å². The van der Waals surface area contributed by atoms with Crippen LogP contribution in [0.1, 0.15) is 22.5 Å². The van der Waals surface area contributed by atoms with Gasteiger partial charge in [0.05, 0.1) is 10.6 Å². The van der Waals surface area contributed by atoms with Gasteiger partial charge >= 0.3 is 0 Å². The summed E-state index contributed by atoms with van der Waals surface area (Å²) >= 11 is 5.84. The van der Waals surface area contributed by atoms with Crippen LogP contribution in [0, 0.1) is 30.9 Å². The number of aromatic nitrogens is 1. The van der Waals surface area contributed by atoms with Gasteiger partial charge in [-0.15, -0.1) is 0 Å². The number of nitrogens with zero attached hydrogens (tertiary/aromatic N) is 3. The lowest BCUT2D eigenvalue weighted by Crippen LogP contribution is -1.99. The Labute approximate surface area is 156 Å². The Balaban J connectivity index is 1.97. The van der Waals surface area contributed by atoms with E-state index in [4.69, 9.17) is 11.6 Å². The van der Waals surface area contributed by atoms with Crippen molar-refractivity contribution >= 4 is 29.2 Å². The molecular weight excluding hydrogens is 350 g/mol. The van der Waals surface area contributed by atoms with Crippen LogP contribution in [0.2, 0.25) is 5.02 Å². The fourth-order valence-electron chi connectivity index (χ4n) is 2.95. The van der Waals surface area contributed by atoms with Gasteiger partial charge < -0.3 is 4.57 Å². The van der Waals surface area contributed by atoms with Gasteiger partial charge in [-0.25, -0.2) is 0 Å². The molecule has 0 fully saturated rings. The maximum absolute atomic E-state index is 11.0. The molecule has 1 heterocycles. The summed E-state index contributed by atoms with van der Waals surface area (Å²) < 4.78 is 2.17. The van der Waals surface area contributed by atoms with Gasteiger partial charge in [0.1, 0.15) is 5.02 Å². The van der Waals surface area contributed by atoms with E-state index in [0.717, 1.165) is 22.6 Å². The van der Waals surface area contributed by atoms with E-state index in [1.807, 2.05) is 26.0 Å². The van der Waals surface area contributed by atoms with E-state index < -0.39 is 4.92 Å². The van der Waals surface area contributed by atoms with E-state index in [1.165, 1.54) is 17.7 Å². The number of nitro benzene ring substituents is 1. The molecule has 3 rings (SSSR count). The molecule has 0 amide bonds. The van der Waals surface area contributed by atoms with Crippen molar-refractivity contribution in [3.63, 3.8) is 0 Å². The fraction of sp³-hybridized carbons (Fsp3) is 0.150. The molecule has 0 unspecified atom stereocenters. The molecule has 0 bridgehead atoms. The number of nitro groups is 1. The molecule has 1 aromatic heterocycles. The molecule has 0 aliphatic carbocycles. The third-order valence-electron chi connectivity index (χ3n) is 4.21. The predicted molar refractivity (Wildman–Crippen MR) is 105 cm³/mol. The van der Waals surface area contributed by atoms with Crippen molar-refractivity contribution in [2.24, 2.45) is 4.99 Å². The van der Waals surface area contributed by atoms with Gasteiger partial charge in [0, 0.05) is 34.9 Å². The first-order valence-corrected chi connectivity index (χ1v) is 8.48. The first-order valence-electron chi connectivity index (χ1n) is 8.11. The zero-order chi connectivity index (χ0) is 18.8. The van der Waals surface area contributed by atoms with E-state index >= 15 is 0 Å². The van der Waals surface area contributed by atoms with E-state index in [-0.39, 0.29) is 10.7 Å². The van der Waals surface area contributed by atoms with Crippen LogP contribution in [-0.4, -0.2) is 15.7 Å². The Morgan fingerprint density at radius 1 is 1.12 bits per heavy atom. The summed E-state index contributed by atoms with van der Waals surface area (Å²) in [6.07, 6.45) is 1.72. The maximum Gasteiger partial charge on any atom is 0.290 e. The Morgan fingerprint density at radius 3 is 2.58 bits per heavy atom. The van der Waals surface area contributed by atoms with Crippen LogP contribution in [0.15, 0.2) is 53.5 Å². The molecule has 0 saturated heterocycles. The van der Waals surface area contributed by atoms with Gasteiger partial charge in [-0.05, 0) is 56.7 Å². The maximum atomic E-state index is 11.0. The number of rotatable bonds is 4. The van der Waals surface area contributed by atoms with Crippen molar-refractivity contribution in [2.75, 3.05) is 0 Å². The number of halogens is 1. The zero-order valence-electron chi connectivity index (χ0n) is 14.7. The van der Waals surface area contributed by atoms with Crippen LogP contribution in [-0.2, 0) is 0 Å². The summed E-state index contributed by atoms with van der Waals surface area (Å²) in [7, 11) is 0. The van der Waals surface area contributed by atoms with E-state index in [1.54, 1.807) is 12.3 Å². The SMILES string of the molecule is Cc1cccc(-n2c(C)cc(C=Nc3ccc(Cl)c([N+](=O)[O-])c3)c2C)c1. The van der Waals surface area contributed by atoms with Crippen molar-refractivity contribution < 1.29 is 4.92 Å². The van der Waals surface area contributed by atoms with Crippen molar-refractivity contribution in [1.82, 2.24) is 4.57 Å². The second kappa shape index (κ2) is 7.14. The lowest BCUT2D eigenvalue weighted by atomic mass is 10.2. The number of aryl methyl sites for hydroxylation is 2. The smallest absolute Gasteiger partial charge is 0.290 e. The lowest BCUT2D eigenvalue weighted by molar-refractivity contribution is -0.384. The van der Waals surface area contributed by atoms with Gasteiger partial charge in [0.15, 0.2) is 0 Å². The van der Waals surface area contributed by atoms with Crippen LogP contribution in [0.3, 0.4) is 0 Å². The quantitative estimate of drug-likeness (QED) is 0.336. The van der Waals surface area contributed by atoms with Crippen molar-refractivity contribution in [2.45, 2.75) is 20.8 Å². The molecule has 2 aromatic carbocycles. The topological polar surface area (TPSA) is 60.4 Å². The minimum Gasteiger partial charge on any atom is -0.318 e. The summed E-state index contributed by atoms with van der Waals surface area (Å²) in [6, 6.07) is 14.9. The molecule has 26 heavy (non-hydrogen) atoms. The van der Waals surface area contributed by atoms with Gasteiger partial charge in [-0.1, -0.05) is 23.7 Å². The van der Waals surface area contributed by atoms with E-state index in [2.05, 4.69) is 34.7 Å². The number of hydrogen-bond acceptors (Lipinski definition) is 3. The second-order valence-electron chi connectivity index (χ2n) is 6.15. The Kier molecular flexibility index (Phi) is 4.91. The molecule has 0 spiro atoms. The molecule has 0 aliphatic heterocycles. The highest BCUT2D eigenvalue weighted by Crippen LogP contribution is 2.29. The molecule has 6 heteroatoms. The number of benzene rings is 2. The average molecular weight is 368 g/mol. The molecule has 0 radical (unpaired) electrons. The molecule has 132 valence electrons. The highest BCUT2D eigenvalue weighted by Gasteiger charge is 2.13. The summed E-state index contributed by atoms with van der Waals surface area (Å²) in [6.45, 7) is 6.13. The summed E-state index contributed by atoms with van der Waals surface area (Å²) in [5.41, 5.74) is 5.74. The molecule has 0 atom stereocenters. The van der Waals surface area contributed by atoms with Crippen LogP contribution >= 0.6 is 11.6 Å². The fourth-order valence-corrected chi connectivity index (χ4v) is 3.13. The van der Waals surface area contributed by atoms with Crippen molar-refractivity contribution in [3.05, 3.63) is 86.2 Å². The minimum absolute atomic E-state index is 0.103. The Morgan fingerprint density at radius 2 is 1.88 bits per heavy atom. The summed E-state index contributed by atoms with van der Waals surface area (Å²) in [5.74, 6) is 0. The first kappa shape index (κ1) is 17.9. The Bertz CT molecular complexity index is 1020. The van der Waals surface area contributed by atoms with Crippen molar-refractivity contribution in [1.29, 1.82) is 0 Å². The lowest BCUT2D eigenvalue weighted by Gasteiger charge is -2.10. The van der Waals surface area contributed by atoms with Crippen molar-refractivity contribution in [3.8, 4) is 5.69 Å². The van der Waals surface area contributed by atoms with Gasteiger partial charge in [-0.3, -0.25) is 15.1 Å². The second-order valence-corrected chi connectivity index (χ2v) is 6.56. The van der Waals surface area contributed by atoms with E-state index in [9.17, 15) is 10.1 Å². The monoisotopic (exact) mass is 367 g/mol. The van der Waals surface area contributed by atoms with Crippen LogP contribution in [0.5, 0.6) is 0 Å². The summed E-state index contributed by atoms with van der Waals surface area (Å²) in [5, 5.41) is 11.1. The third kappa shape index (κ3) is 3.53. The zero-order valence-corrected chi connectivity index (χ0v) is 15.5. The van der Waals surface area contributed by atoms with Gasteiger partial charge in [-0.2, -0.15) is 0 Å². The molecule has 5 nitrogen and oxygen atoms in total. The molecular formula is C20H18ClN3O2. The Hall–Kier alpha value is -2.92. The number of aliphatic imine (C=N–C) groups is 1. The standard InChI is InChI=1S/C20H18ClN3O2/c1-13-5-4-6-18(9-13)23-14(2)10-16(15(23)3)12-22-17-7-8-19(21)20(11-17)24(25)26/h4-12H,1-3H3. The largest absolute Gasteiger partial charge is 0.318 e. The van der Waals surface area contributed by atoms with Gasteiger partial charge in [0.25, 0.3) is 5.69 Å². The van der Waals surface area contributed by atoms with Crippen LogP contribution in [0.4, 0.5) is 11.4 Å². The highest BCUT2D eigenvalue weighted by atomic mass is 35.5. The van der Waals surface area contributed by atoms with E-state index in [0.29, 0.717) is 5.69 Å².